The fraction of sp³-hybridized carbons (Fsp3) is 0.333. The van der Waals surface area contributed by atoms with Gasteiger partial charge in [0.15, 0.2) is 11.5 Å². The monoisotopic (exact) mass is 355 g/mol. The average molecular weight is 356 g/mol. The van der Waals surface area contributed by atoms with Crippen molar-refractivity contribution >= 4 is 24.0 Å². The molecule has 2 aromatic rings. The fourth-order valence-corrected chi connectivity index (χ4v) is 2.40. The van der Waals surface area contributed by atoms with Gasteiger partial charge in [0.05, 0.1) is 13.7 Å². The highest BCUT2D eigenvalue weighted by molar-refractivity contribution is 6.30. The van der Waals surface area contributed by atoms with Crippen LogP contribution >= 0.6 is 24.0 Å². The topological polar surface area (TPSA) is 30.5 Å². The van der Waals surface area contributed by atoms with Crippen LogP contribution in [0.25, 0.3) is 0 Å². The molecule has 0 saturated carbocycles. The third kappa shape index (κ3) is 5.94. The van der Waals surface area contributed by atoms with Crippen molar-refractivity contribution in [1.82, 2.24) is 5.32 Å². The summed E-state index contributed by atoms with van der Waals surface area (Å²) < 4.78 is 11.1. The summed E-state index contributed by atoms with van der Waals surface area (Å²) in [4.78, 5) is 0. The Morgan fingerprint density at radius 2 is 1.83 bits per heavy atom. The van der Waals surface area contributed by atoms with Crippen LogP contribution in [0.15, 0.2) is 42.5 Å². The van der Waals surface area contributed by atoms with E-state index in [0.717, 1.165) is 41.6 Å². The summed E-state index contributed by atoms with van der Waals surface area (Å²) in [6, 6.07) is 13.9. The summed E-state index contributed by atoms with van der Waals surface area (Å²) in [6.07, 6.45) is 0.963. The molecule has 23 heavy (non-hydrogen) atoms. The molecule has 0 aromatic heterocycles. The van der Waals surface area contributed by atoms with Gasteiger partial charge in [-0.05, 0) is 43.7 Å². The van der Waals surface area contributed by atoms with Crippen LogP contribution in [0.2, 0.25) is 5.02 Å². The molecule has 0 aliphatic rings. The molecule has 0 aliphatic carbocycles. The SMILES string of the molecule is CCOc1c(CNCCc2ccc(Cl)cc2)cccc1OC.Cl. The van der Waals surface area contributed by atoms with Gasteiger partial charge in [-0.1, -0.05) is 35.9 Å². The average Bonchev–Trinajstić information content (AvgIpc) is 2.54. The first-order valence-corrected chi connectivity index (χ1v) is 7.86. The zero-order chi connectivity index (χ0) is 15.8. The Kier molecular flexibility index (Phi) is 8.85. The molecule has 2 rings (SSSR count). The Morgan fingerprint density at radius 3 is 2.48 bits per heavy atom. The van der Waals surface area contributed by atoms with Crippen molar-refractivity contribution in [1.29, 1.82) is 0 Å². The number of nitrogens with one attached hydrogen (secondary N) is 1. The fourth-order valence-electron chi connectivity index (χ4n) is 2.28. The van der Waals surface area contributed by atoms with Crippen molar-refractivity contribution in [3.8, 4) is 11.5 Å². The van der Waals surface area contributed by atoms with Gasteiger partial charge in [0.25, 0.3) is 0 Å². The zero-order valence-electron chi connectivity index (χ0n) is 13.5. The van der Waals surface area contributed by atoms with Crippen molar-refractivity contribution in [3.05, 3.63) is 58.6 Å². The second-order valence-electron chi connectivity index (χ2n) is 4.93. The maximum Gasteiger partial charge on any atom is 0.165 e. The summed E-state index contributed by atoms with van der Waals surface area (Å²) in [5.74, 6) is 1.60. The van der Waals surface area contributed by atoms with Crippen molar-refractivity contribution in [2.24, 2.45) is 0 Å². The third-order valence-electron chi connectivity index (χ3n) is 3.39. The summed E-state index contributed by atoms with van der Waals surface area (Å²) in [7, 11) is 1.66. The van der Waals surface area contributed by atoms with Crippen molar-refractivity contribution in [2.75, 3.05) is 20.3 Å². The van der Waals surface area contributed by atoms with E-state index in [1.807, 2.05) is 31.2 Å². The van der Waals surface area contributed by atoms with E-state index < -0.39 is 0 Å². The number of para-hydroxylation sites is 1. The lowest BCUT2D eigenvalue weighted by atomic mass is 10.1. The number of benzene rings is 2. The summed E-state index contributed by atoms with van der Waals surface area (Å²) in [6.45, 7) is 4.24. The van der Waals surface area contributed by atoms with Gasteiger partial charge >= 0.3 is 0 Å². The van der Waals surface area contributed by atoms with Gasteiger partial charge in [-0.2, -0.15) is 0 Å². The molecule has 5 heteroatoms. The number of hydrogen-bond acceptors (Lipinski definition) is 3. The Labute approximate surface area is 149 Å². The van der Waals surface area contributed by atoms with E-state index in [0.29, 0.717) is 6.61 Å². The molecule has 1 N–H and O–H groups in total. The number of methoxy groups -OCH3 is 1. The van der Waals surface area contributed by atoms with Gasteiger partial charge < -0.3 is 14.8 Å². The Hall–Kier alpha value is -1.42. The summed E-state index contributed by atoms with van der Waals surface area (Å²) in [5.41, 5.74) is 2.38. The van der Waals surface area contributed by atoms with E-state index in [9.17, 15) is 0 Å². The Morgan fingerprint density at radius 1 is 1.09 bits per heavy atom. The van der Waals surface area contributed by atoms with Crippen LogP contribution in [0.1, 0.15) is 18.1 Å². The minimum atomic E-state index is 0. The molecule has 3 nitrogen and oxygen atoms in total. The molecule has 0 aliphatic heterocycles. The lowest BCUT2D eigenvalue weighted by Gasteiger charge is -2.14. The molecule has 126 valence electrons. The standard InChI is InChI=1S/C18H22ClNO2.ClH/c1-3-22-18-15(5-4-6-17(18)21-2)13-20-12-11-14-7-9-16(19)10-8-14;/h4-10,20H,3,11-13H2,1-2H3;1H. The van der Waals surface area contributed by atoms with Gasteiger partial charge in [-0.25, -0.2) is 0 Å². The van der Waals surface area contributed by atoms with Crippen LogP contribution in [-0.4, -0.2) is 20.3 Å². The molecule has 0 spiro atoms. The Balaban J connectivity index is 0.00000264. The molecule has 0 heterocycles. The maximum atomic E-state index is 5.89. The van der Waals surface area contributed by atoms with E-state index in [2.05, 4.69) is 23.5 Å². The van der Waals surface area contributed by atoms with Gasteiger partial charge in [0.1, 0.15) is 0 Å². The van der Waals surface area contributed by atoms with E-state index in [4.69, 9.17) is 21.1 Å². The van der Waals surface area contributed by atoms with Crippen molar-refractivity contribution < 1.29 is 9.47 Å². The number of halogens is 2. The van der Waals surface area contributed by atoms with Crippen LogP contribution in [-0.2, 0) is 13.0 Å². The Bertz CT molecular complexity index is 588. The number of hydrogen-bond donors (Lipinski definition) is 1. The van der Waals surface area contributed by atoms with Crippen LogP contribution < -0.4 is 14.8 Å². The normalized spacial score (nSPS) is 10.0. The van der Waals surface area contributed by atoms with E-state index >= 15 is 0 Å². The lowest BCUT2D eigenvalue weighted by molar-refractivity contribution is 0.307. The minimum Gasteiger partial charge on any atom is -0.493 e. The van der Waals surface area contributed by atoms with Gasteiger partial charge in [0, 0.05) is 17.1 Å². The van der Waals surface area contributed by atoms with Crippen LogP contribution in [0.5, 0.6) is 11.5 Å². The molecule has 0 saturated heterocycles. The molecule has 0 atom stereocenters. The van der Waals surface area contributed by atoms with E-state index in [1.165, 1.54) is 5.56 Å². The van der Waals surface area contributed by atoms with Gasteiger partial charge in [-0.3, -0.25) is 0 Å². The second kappa shape index (κ2) is 10.4. The lowest BCUT2D eigenvalue weighted by Crippen LogP contribution is -2.17. The van der Waals surface area contributed by atoms with E-state index in [-0.39, 0.29) is 12.4 Å². The second-order valence-corrected chi connectivity index (χ2v) is 5.37. The van der Waals surface area contributed by atoms with Crippen LogP contribution in [0.3, 0.4) is 0 Å². The summed E-state index contributed by atoms with van der Waals surface area (Å²) >= 11 is 5.89. The summed E-state index contributed by atoms with van der Waals surface area (Å²) in [5, 5.41) is 4.22. The van der Waals surface area contributed by atoms with Gasteiger partial charge in [0.2, 0.25) is 0 Å². The molecule has 0 radical (unpaired) electrons. The smallest absolute Gasteiger partial charge is 0.165 e. The molecule has 2 aromatic carbocycles. The first kappa shape index (κ1) is 19.6. The van der Waals surface area contributed by atoms with Crippen molar-refractivity contribution in [3.63, 3.8) is 0 Å². The highest BCUT2D eigenvalue weighted by atomic mass is 35.5. The minimum absolute atomic E-state index is 0. The maximum absolute atomic E-state index is 5.89. The molecule has 0 bridgehead atoms. The predicted octanol–water partition coefficient (Wildman–Crippen LogP) is 4.50. The van der Waals surface area contributed by atoms with E-state index in [1.54, 1.807) is 7.11 Å². The largest absolute Gasteiger partial charge is 0.493 e. The van der Waals surface area contributed by atoms with Crippen LogP contribution in [0, 0.1) is 0 Å². The first-order chi connectivity index (χ1) is 10.7. The number of ether oxygens (including phenoxy) is 2. The molecule has 0 unspecified atom stereocenters. The molecular formula is C18H23Cl2NO2. The van der Waals surface area contributed by atoms with Crippen molar-refractivity contribution in [2.45, 2.75) is 19.9 Å². The van der Waals surface area contributed by atoms with Gasteiger partial charge in [-0.15, -0.1) is 12.4 Å². The highest BCUT2D eigenvalue weighted by Gasteiger charge is 2.09. The van der Waals surface area contributed by atoms with Crippen LogP contribution in [0.4, 0.5) is 0 Å². The molecule has 0 amide bonds. The molecular weight excluding hydrogens is 333 g/mol. The zero-order valence-corrected chi connectivity index (χ0v) is 15.0. The third-order valence-corrected chi connectivity index (χ3v) is 3.64. The quantitative estimate of drug-likeness (QED) is 0.707. The predicted molar refractivity (Wildman–Crippen MR) is 98.3 cm³/mol. The highest BCUT2D eigenvalue weighted by Crippen LogP contribution is 2.30. The number of rotatable bonds is 8. The first-order valence-electron chi connectivity index (χ1n) is 7.48. The molecule has 0 fully saturated rings.